The zero-order valence-electron chi connectivity index (χ0n) is 31.1. The molecule has 0 saturated carbocycles. The molecule has 7 nitrogen and oxygen atoms in total. The zero-order valence-corrected chi connectivity index (χ0v) is 31.9. The Balaban J connectivity index is 0. The van der Waals surface area contributed by atoms with Gasteiger partial charge in [0.2, 0.25) is 10.4 Å². The lowest BCUT2D eigenvalue weighted by molar-refractivity contribution is -0.136. The molecule has 47 heavy (non-hydrogen) atoms. The lowest BCUT2D eigenvalue weighted by atomic mass is 9.88. The van der Waals surface area contributed by atoms with Gasteiger partial charge in [-0.25, -0.2) is 8.42 Å². The van der Waals surface area contributed by atoms with E-state index in [9.17, 15) is 22.6 Å². The number of carbonyl (C=O) groups excluding carboxylic acids is 2. The maximum atomic E-state index is 13.0. The summed E-state index contributed by atoms with van der Waals surface area (Å²) in [5, 5.41) is 0. The van der Waals surface area contributed by atoms with Crippen molar-refractivity contribution in [3.63, 3.8) is 0 Å². The molecule has 0 aliphatic rings. The molecule has 0 rings (SSSR count). The number of rotatable bonds is 35. The fraction of sp³-hybridized carbons (Fsp3) is 0.846. The first kappa shape index (κ1) is 47.8. The summed E-state index contributed by atoms with van der Waals surface area (Å²) < 4.78 is 38.2. The van der Waals surface area contributed by atoms with Crippen LogP contribution in [0.5, 0.6) is 0 Å². The second-order valence-electron chi connectivity index (χ2n) is 13.3. The molecule has 8 heteroatoms. The van der Waals surface area contributed by atoms with Gasteiger partial charge in [-0.2, -0.15) is 0 Å². The summed E-state index contributed by atoms with van der Waals surface area (Å²) in [5.41, 5.74) is 0. The third-order valence-corrected chi connectivity index (χ3v) is 9.34. The van der Waals surface area contributed by atoms with Crippen LogP contribution >= 0.6 is 0 Å². The van der Waals surface area contributed by atoms with Crippen molar-refractivity contribution in [2.75, 3.05) is 0 Å². The van der Waals surface area contributed by atoms with Gasteiger partial charge in [0.15, 0.2) is 0 Å². The van der Waals surface area contributed by atoms with Crippen LogP contribution in [-0.2, 0) is 24.2 Å². The summed E-state index contributed by atoms with van der Waals surface area (Å²) in [6.45, 7) is 5.83. The van der Waals surface area contributed by atoms with Crippen molar-refractivity contribution >= 4 is 22.0 Å². The van der Waals surface area contributed by atoms with Crippen LogP contribution in [0.15, 0.2) is 24.3 Å². The zero-order chi connectivity index (χ0) is 34.1. The van der Waals surface area contributed by atoms with Crippen molar-refractivity contribution in [2.24, 2.45) is 5.92 Å². The fourth-order valence-corrected chi connectivity index (χ4v) is 6.48. The highest BCUT2D eigenvalue weighted by molar-refractivity contribution is 7.80. The van der Waals surface area contributed by atoms with Crippen LogP contribution in [0.2, 0.25) is 0 Å². The fourth-order valence-electron chi connectivity index (χ4n) is 6.00. The van der Waals surface area contributed by atoms with Crippen molar-refractivity contribution < 1.29 is 26.7 Å². The SMILES string of the molecule is CCCCCCCC/C=C\CCCCCCCC(=O)C(C(=O)CCCCCCC/C=C\CCCCCCCC)C(C)OS(=O)(=O)[O-].[NH4+]. The number of Topliss-reactive ketones (excluding diaryl/α,β-unsaturated/α-hetero) is 2. The monoisotopic (exact) mass is 686 g/mol. The van der Waals surface area contributed by atoms with E-state index in [2.05, 4.69) is 42.3 Å². The van der Waals surface area contributed by atoms with Crippen LogP contribution in [0.1, 0.15) is 201 Å². The van der Waals surface area contributed by atoms with Gasteiger partial charge in [-0.3, -0.25) is 13.8 Å². The molecule has 1 unspecified atom stereocenters. The van der Waals surface area contributed by atoms with Crippen LogP contribution in [0.25, 0.3) is 0 Å². The van der Waals surface area contributed by atoms with Crippen molar-refractivity contribution in [3.8, 4) is 0 Å². The molecule has 4 N–H and O–H groups in total. The lowest BCUT2D eigenvalue weighted by Gasteiger charge is -2.23. The van der Waals surface area contributed by atoms with E-state index >= 15 is 0 Å². The van der Waals surface area contributed by atoms with Crippen LogP contribution < -0.4 is 6.15 Å². The van der Waals surface area contributed by atoms with Crippen LogP contribution in [-0.4, -0.2) is 30.6 Å². The first-order valence-corrected chi connectivity index (χ1v) is 20.6. The van der Waals surface area contributed by atoms with Crippen LogP contribution in [0, 0.1) is 5.92 Å². The van der Waals surface area contributed by atoms with Crippen molar-refractivity contribution in [2.45, 2.75) is 207 Å². The van der Waals surface area contributed by atoms with E-state index < -0.39 is 22.4 Å². The number of quaternary nitrogens is 1. The quantitative estimate of drug-likeness (QED) is 0.0232. The van der Waals surface area contributed by atoms with E-state index in [1.165, 1.54) is 96.8 Å². The largest absolute Gasteiger partial charge is 0.726 e. The number of hydrogen-bond acceptors (Lipinski definition) is 6. The Kier molecular flexibility index (Phi) is 35.1. The smallest absolute Gasteiger partial charge is 0.217 e. The van der Waals surface area contributed by atoms with Gasteiger partial charge < -0.3 is 10.7 Å². The van der Waals surface area contributed by atoms with Crippen LogP contribution in [0.3, 0.4) is 0 Å². The van der Waals surface area contributed by atoms with E-state index in [-0.39, 0.29) is 30.6 Å². The number of ketones is 2. The summed E-state index contributed by atoms with van der Waals surface area (Å²) >= 11 is 0. The van der Waals surface area contributed by atoms with Crippen LogP contribution in [0.4, 0.5) is 0 Å². The third-order valence-electron chi connectivity index (χ3n) is 8.80. The summed E-state index contributed by atoms with van der Waals surface area (Å²) in [4.78, 5) is 26.0. The molecule has 0 aromatic carbocycles. The van der Waals surface area contributed by atoms with E-state index in [1.807, 2.05) is 0 Å². The predicted octanol–water partition coefficient (Wildman–Crippen LogP) is 12.1. The minimum absolute atomic E-state index is 0. The number of unbranched alkanes of at least 4 members (excludes halogenated alkanes) is 22. The molecule has 0 spiro atoms. The molecule has 0 aliphatic carbocycles. The Morgan fingerprint density at radius 3 is 1.11 bits per heavy atom. The van der Waals surface area contributed by atoms with Crippen molar-refractivity contribution in [1.82, 2.24) is 6.15 Å². The standard InChI is InChI=1S/C39H72O6S.H3N/c1-4-6-8-10-12-14-16-18-20-22-24-26-28-30-32-34-37(40)39(36(3)45-46(42,43)44)38(41)35-33-31-29-27-25-23-21-19-17-15-13-11-9-7-5-2;/h18-21,36,39H,4-17,22-35H2,1-3H3,(H,42,43,44);1H3/b20-18-,21-19-;. The minimum Gasteiger partial charge on any atom is -0.726 e. The summed E-state index contributed by atoms with van der Waals surface area (Å²) in [5.74, 6) is -1.82. The number of carbonyl (C=O) groups is 2. The van der Waals surface area contributed by atoms with Crippen molar-refractivity contribution in [3.05, 3.63) is 24.3 Å². The summed E-state index contributed by atoms with van der Waals surface area (Å²) in [7, 11) is -5.00. The van der Waals surface area contributed by atoms with Crippen molar-refractivity contribution in [1.29, 1.82) is 0 Å². The highest BCUT2D eigenvalue weighted by atomic mass is 32.3. The van der Waals surface area contributed by atoms with E-state index in [1.54, 1.807) is 0 Å². The van der Waals surface area contributed by atoms with E-state index in [0.717, 1.165) is 64.2 Å². The third kappa shape index (κ3) is 32.9. The molecular formula is C39H75NO6S. The topological polar surface area (TPSA) is 137 Å². The van der Waals surface area contributed by atoms with Gasteiger partial charge in [0.05, 0.1) is 6.10 Å². The maximum Gasteiger partial charge on any atom is 0.217 e. The number of hydrogen-bond donors (Lipinski definition) is 1. The Hall–Kier alpha value is -1.35. The Morgan fingerprint density at radius 1 is 0.532 bits per heavy atom. The maximum absolute atomic E-state index is 13.0. The van der Waals surface area contributed by atoms with E-state index in [0.29, 0.717) is 12.8 Å². The normalized spacial score (nSPS) is 12.7. The molecule has 1 atom stereocenters. The molecule has 0 fully saturated rings. The van der Waals surface area contributed by atoms with E-state index in [4.69, 9.17) is 0 Å². The molecule has 0 amide bonds. The van der Waals surface area contributed by atoms with Gasteiger partial charge in [-0.05, 0) is 71.1 Å². The summed E-state index contributed by atoms with van der Waals surface area (Å²) in [6, 6.07) is 0. The second kappa shape index (κ2) is 34.5. The average molecular weight is 686 g/mol. The molecule has 0 aliphatic heterocycles. The Morgan fingerprint density at radius 2 is 0.809 bits per heavy atom. The molecule has 0 radical (unpaired) electrons. The molecule has 0 aromatic rings. The minimum atomic E-state index is -5.00. The highest BCUT2D eigenvalue weighted by Gasteiger charge is 2.33. The van der Waals surface area contributed by atoms with Gasteiger partial charge in [0.25, 0.3) is 0 Å². The van der Waals surface area contributed by atoms with Gasteiger partial charge in [0, 0.05) is 12.8 Å². The Bertz CT molecular complexity index is 834. The molecule has 278 valence electrons. The Labute approximate surface area is 291 Å². The van der Waals surface area contributed by atoms with Gasteiger partial charge in [-0.15, -0.1) is 0 Å². The summed E-state index contributed by atoms with van der Waals surface area (Å²) in [6.07, 6.45) is 38.3. The van der Waals surface area contributed by atoms with Gasteiger partial charge in [0.1, 0.15) is 17.5 Å². The second-order valence-corrected chi connectivity index (χ2v) is 14.3. The lowest BCUT2D eigenvalue weighted by Crippen LogP contribution is -2.36. The predicted molar refractivity (Wildman–Crippen MR) is 199 cm³/mol. The first-order valence-electron chi connectivity index (χ1n) is 19.2. The molecule has 0 bridgehead atoms. The first-order chi connectivity index (χ1) is 22.2. The molecule has 0 heterocycles. The number of allylic oxidation sites excluding steroid dienone is 4. The molecule has 0 aromatic heterocycles. The average Bonchev–Trinajstić information content (AvgIpc) is 3.00. The molecule has 0 saturated heterocycles. The molecular weight excluding hydrogens is 610 g/mol. The van der Waals surface area contributed by atoms with Gasteiger partial charge in [-0.1, -0.05) is 141 Å². The van der Waals surface area contributed by atoms with Gasteiger partial charge >= 0.3 is 0 Å². The highest BCUT2D eigenvalue weighted by Crippen LogP contribution is 2.21.